The van der Waals surface area contributed by atoms with Gasteiger partial charge in [-0.05, 0) is 48.9 Å². The molecule has 0 radical (unpaired) electrons. The smallest absolute Gasteiger partial charge is 0.196 e. The van der Waals surface area contributed by atoms with Crippen molar-refractivity contribution in [3.8, 4) is 22.8 Å². The normalized spacial score (nSPS) is 10.9. The van der Waals surface area contributed by atoms with Crippen LogP contribution in [0.4, 0.5) is 0 Å². The second kappa shape index (κ2) is 9.56. The number of rotatable bonds is 7. The second-order valence-electron chi connectivity index (χ2n) is 6.42. The van der Waals surface area contributed by atoms with Gasteiger partial charge in [-0.1, -0.05) is 71.4 Å². The third-order valence-electron chi connectivity index (χ3n) is 4.48. The largest absolute Gasteiger partial charge is 0.494 e. The molecule has 1 aromatic heterocycles. The van der Waals surface area contributed by atoms with E-state index in [0.717, 1.165) is 33.5 Å². The predicted octanol–water partition coefficient (Wildman–Crippen LogP) is 6.93. The number of thioether (sulfide) groups is 1. The van der Waals surface area contributed by atoms with Crippen LogP contribution >= 0.6 is 35.0 Å². The highest BCUT2D eigenvalue weighted by atomic mass is 35.5. The van der Waals surface area contributed by atoms with Crippen LogP contribution in [-0.4, -0.2) is 21.4 Å². The minimum atomic E-state index is 0.586. The number of ether oxygens (including phenoxy) is 1. The first-order valence-corrected chi connectivity index (χ1v) is 11.2. The van der Waals surface area contributed by atoms with Gasteiger partial charge in [-0.3, -0.25) is 4.57 Å². The van der Waals surface area contributed by atoms with Crippen LogP contribution in [0, 0.1) is 0 Å². The van der Waals surface area contributed by atoms with Gasteiger partial charge in [0.2, 0.25) is 0 Å². The van der Waals surface area contributed by atoms with E-state index in [1.807, 2.05) is 84.3 Å². The molecular formula is C23H19Cl2N3OS. The molecule has 4 aromatic rings. The molecule has 0 aliphatic heterocycles. The molecule has 0 N–H and O–H groups in total. The Kier molecular flexibility index (Phi) is 6.62. The first-order chi connectivity index (χ1) is 14.7. The number of aromatic nitrogens is 3. The summed E-state index contributed by atoms with van der Waals surface area (Å²) in [6.45, 7) is 2.59. The zero-order chi connectivity index (χ0) is 20.9. The highest BCUT2D eigenvalue weighted by Crippen LogP contribution is 2.34. The lowest BCUT2D eigenvalue weighted by molar-refractivity contribution is 0.340. The summed E-state index contributed by atoms with van der Waals surface area (Å²) in [6.07, 6.45) is 0. The standard InChI is InChI=1S/C23H19Cl2N3OS/c1-2-29-18-13-11-17(12-14-18)28-22(16-7-4-3-5-8-16)26-27-23(28)30-15-19-20(24)9-6-10-21(19)25/h3-14H,2,15H2,1H3. The van der Waals surface area contributed by atoms with E-state index >= 15 is 0 Å². The quantitative estimate of drug-likeness (QED) is 0.283. The molecule has 0 aliphatic carbocycles. The van der Waals surface area contributed by atoms with Gasteiger partial charge in [-0.15, -0.1) is 10.2 Å². The number of hydrogen-bond acceptors (Lipinski definition) is 4. The molecule has 0 atom stereocenters. The van der Waals surface area contributed by atoms with Crippen LogP contribution in [0.3, 0.4) is 0 Å². The first kappa shape index (κ1) is 20.8. The second-order valence-corrected chi connectivity index (χ2v) is 8.18. The summed E-state index contributed by atoms with van der Waals surface area (Å²) in [5.41, 5.74) is 2.82. The average Bonchev–Trinajstić information content (AvgIpc) is 3.19. The van der Waals surface area contributed by atoms with E-state index in [2.05, 4.69) is 10.2 Å². The van der Waals surface area contributed by atoms with Crippen molar-refractivity contribution in [2.45, 2.75) is 17.8 Å². The van der Waals surface area contributed by atoms with Crippen LogP contribution in [0.5, 0.6) is 5.75 Å². The van der Waals surface area contributed by atoms with Gasteiger partial charge in [-0.25, -0.2) is 0 Å². The van der Waals surface area contributed by atoms with E-state index in [-0.39, 0.29) is 0 Å². The van der Waals surface area contributed by atoms with Gasteiger partial charge < -0.3 is 4.74 Å². The zero-order valence-electron chi connectivity index (χ0n) is 16.3. The van der Waals surface area contributed by atoms with E-state index in [1.54, 1.807) is 11.8 Å². The van der Waals surface area contributed by atoms with Gasteiger partial charge in [0, 0.05) is 27.0 Å². The van der Waals surface area contributed by atoms with Crippen LogP contribution in [0.2, 0.25) is 10.0 Å². The zero-order valence-corrected chi connectivity index (χ0v) is 18.6. The summed E-state index contributed by atoms with van der Waals surface area (Å²) < 4.78 is 7.62. The van der Waals surface area contributed by atoms with Crippen LogP contribution in [-0.2, 0) is 5.75 Å². The highest BCUT2D eigenvalue weighted by Gasteiger charge is 2.17. The summed E-state index contributed by atoms with van der Waals surface area (Å²) in [7, 11) is 0. The van der Waals surface area contributed by atoms with Gasteiger partial charge in [0.25, 0.3) is 0 Å². The Morgan fingerprint density at radius 2 is 1.57 bits per heavy atom. The van der Waals surface area contributed by atoms with E-state index in [0.29, 0.717) is 22.4 Å². The molecule has 30 heavy (non-hydrogen) atoms. The maximum Gasteiger partial charge on any atom is 0.196 e. The molecule has 7 heteroatoms. The summed E-state index contributed by atoms with van der Waals surface area (Å²) in [5.74, 6) is 2.18. The summed E-state index contributed by atoms with van der Waals surface area (Å²) in [4.78, 5) is 0. The van der Waals surface area contributed by atoms with Crippen molar-refractivity contribution >= 4 is 35.0 Å². The Hall–Kier alpha value is -2.47. The predicted molar refractivity (Wildman–Crippen MR) is 124 cm³/mol. The average molecular weight is 456 g/mol. The van der Waals surface area contributed by atoms with Crippen molar-refractivity contribution in [2.24, 2.45) is 0 Å². The van der Waals surface area contributed by atoms with E-state index < -0.39 is 0 Å². The lowest BCUT2D eigenvalue weighted by Gasteiger charge is -2.12. The number of hydrogen-bond donors (Lipinski definition) is 0. The molecular weight excluding hydrogens is 437 g/mol. The van der Waals surface area contributed by atoms with Gasteiger partial charge in [0.1, 0.15) is 5.75 Å². The van der Waals surface area contributed by atoms with Crippen molar-refractivity contribution in [1.82, 2.24) is 14.8 Å². The fourth-order valence-corrected chi connectivity index (χ4v) is 4.73. The third-order valence-corrected chi connectivity index (χ3v) is 6.14. The Bertz CT molecular complexity index is 1110. The third kappa shape index (κ3) is 4.48. The maximum atomic E-state index is 6.35. The summed E-state index contributed by atoms with van der Waals surface area (Å²) >= 11 is 14.2. The molecule has 1 heterocycles. The van der Waals surface area contributed by atoms with Crippen molar-refractivity contribution in [3.05, 3.63) is 88.4 Å². The Morgan fingerprint density at radius 1 is 0.867 bits per heavy atom. The fraction of sp³-hybridized carbons (Fsp3) is 0.130. The Balaban J connectivity index is 1.72. The van der Waals surface area contributed by atoms with Crippen molar-refractivity contribution < 1.29 is 4.74 Å². The molecule has 3 aromatic carbocycles. The van der Waals surface area contributed by atoms with Gasteiger partial charge in [-0.2, -0.15) is 0 Å². The summed E-state index contributed by atoms with van der Waals surface area (Å²) in [5, 5.41) is 11.0. The lowest BCUT2D eigenvalue weighted by atomic mass is 10.2. The molecule has 0 fully saturated rings. The van der Waals surface area contributed by atoms with Crippen molar-refractivity contribution in [2.75, 3.05) is 6.61 Å². The SMILES string of the molecule is CCOc1ccc(-n2c(SCc3c(Cl)cccc3Cl)nnc2-c2ccccc2)cc1. The van der Waals surface area contributed by atoms with Crippen LogP contribution in [0.15, 0.2) is 78.0 Å². The van der Waals surface area contributed by atoms with Crippen molar-refractivity contribution in [3.63, 3.8) is 0 Å². The monoisotopic (exact) mass is 455 g/mol. The molecule has 0 unspecified atom stereocenters. The molecule has 0 aliphatic rings. The van der Waals surface area contributed by atoms with Crippen LogP contribution in [0.25, 0.3) is 17.1 Å². The van der Waals surface area contributed by atoms with Crippen molar-refractivity contribution in [1.29, 1.82) is 0 Å². The molecule has 4 rings (SSSR count). The molecule has 4 nitrogen and oxygen atoms in total. The number of halogens is 2. The minimum Gasteiger partial charge on any atom is -0.494 e. The molecule has 0 amide bonds. The molecule has 0 spiro atoms. The minimum absolute atomic E-state index is 0.586. The van der Waals surface area contributed by atoms with Crippen LogP contribution in [0.1, 0.15) is 12.5 Å². The fourth-order valence-electron chi connectivity index (χ4n) is 3.04. The van der Waals surface area contributed by atoms with Gasteiger partial charge in [0.15, 0.2) is 11.0 Å². The van der Waals surface area contributed by atoms with Gasteiger partial charge >= 0.3 is 0 Å². The highest BCUT2D eigenvalue weighted by molar-refractivity contribution is 7.98. The summed E-state index contributed by atoms with van der Waals surface area (Å²) in [6, 6.07) is 23.5. The number of nitrogens with zero attached hydrogens (tertiary/aromatic N) is 3. The van der Waals surface area contributed by atoms with E-state index in [4.69, 9.17) is 27.9 Å². The van der Waals surface area contributed by atoms with Gasteiger partial charge in [0.05, 0.1) is 6.61 Å². The van der Waals surface area contributed by atoms with E-state index in [1.165, 1.54) is 0 Å². The molecule has 0 saturated heterocycles. The topological polar surface area (TPSA) is 39.9 Å². The Morgan fingerprint density at radius 3 is 2.23 bits per heavy atom. The lowest BCUT2D eigenvalue weighted by Crippen LogP contribution is -2.00. The van der Waals surface area contributed by atoms with E-state index in [9.17, 15) is 0 Å². The molecule has 152 valence electrons. The first-order valence-electron chi connectivity index (χ1n) is 9.47. The van der Waals surface area contributed by atoms with Crippen LogP contribution < -0.4 is 4.74 Å². The maximum absolute atomic E-state index is 6.35. The number of benzene rings is 3. The Labute approximate surface area is 189 Å². The molecule has 0 bridgehead atoms. The molecule has 0 saturated carbocycles.